The van der Waals surface area contributed by atoms with Gasteiger partial charge in [-0.25, -0.2) is 9.37 Å². The first-order chi connectivity index (χ1) is 17.9. The molecule has 5 rings (SSSR count). The van der Waals surface area contributed by atoms with Crippen molar-refractivity contribution in [1.82, 2.24) is 9.88 Å². The number of aromatic nitrogens is 1. The average molecular weight is 538 g/mol. The lowest BCUT2D eigenvalue weighted by atomic mass is 10.0. The van der Waals surface area contributed by atoms with Crippen LogP contribution in [0.1, 0.15) is 21.3 Å². The number of aliphatic carboxylic acids is 1. The Labute approximate surface area is 216 Å². The van der Waals surface area contributed by atoms with Crippen molar-refractivity contribution in [2.75, 3.05) is 6.54 Å². The third-order valence-electron chi connectivity index (χ3n) is 5.57. The quantitative estimate of drug-likeness (QED) is 0.261. The summed E-state index contributed by atoms with van der Waals surface area (Å²) in [5.74, 6) is -0.955. The molecule has 2 aromatic carbocycles. The number of furan rings is 2. The van der Waals surface area contributed by atoms with Crippen molar-refractivity contribution in [1.29, 1.82) is 0 Å². The first-order valence-electron chi connectivity index (χ1n) is 11.1. The molecule has 0 saturated carbocycles. The summed E-state index contributed by atoms with van der Waals surface area (Å²) >= 11 is 1.24. The molecular formula is C26H20FN2O6PS. The van der Waals surface area contributed by atoms with E-state index < -0.39 is 18.4 Å². The zero-order valence-electron chi connectivity index (χ0n) is 19.2. The van der Waals surface area contributed by atoms with E-state index in [0.29, 0.717) is 38.4 Å². The lowest BCUT2D eigenvalue weighted by molar-refractivity contribution is -0.137. The molecular weight excluding hydrogens is 518 g/mol. The highest BCUT2D eigenvalue weighted by atomic mass is 32.1. The van der Waals surface area contributed by atoms with Gasteiger partial charge in [0.15, 0.2) is 0 Å². The maximum atomic E-state index is 14.4. The summed E-state index contributed by atoms with van der Waals surface area (Å²) in [6.07, 6.45) is 2.99. The minimum atomic E-state index is -1.14. The van der Waals surface area contributed by atoms with Gasteiger partial charge in [-0.1, -0.05) is 12.1 Å². The van der Waals surface area contributed by atoms with E-state index >= 15 is 0 Å². The summed E-state index contributed by atoms with van der Waals surface area (Å²) in [4.78, 5) is 29.6. The van der Waals surface area contributed by atoms with Crippen molar-refractivity contribution in [3.8, 4) is 16.9 Å². The van der Waals surface area contributed by atoms with Gasteiger partial charge in [-0.2, -0.15) is 0 Å². The molecule has 1 amide bonds. The largest absolute Gasteiger partial charge is 0.486 e. The van der Waals surface area contributed by atoms with Gasteiger partial charge in [0.2, 0.25) is 0 Å². The molecule has 0 bridgehead atoms. The van der Waals surface area contributed by atoms with Crippen LogP contribution < -0.4 is 10.0 Å². The van der Waals surface area contributed by atoms with Crippen LogP contribution in [0.3, 0.4) is 0 Å². The van der Waals surface area contributed by atoms with Gasteiger partial charge in [0, 0.05) is 21.6 Å². The Morgan fingerprint density at radius 1 is 1.14 bits per heavy atom. The van der Waals surface area contributed by atoms with Crippen LogP contribution in [-0.2, 0) is 17.9 Å². The number of carbonyl (C=O) groups is 2. The molecule has 0 saturated heterocycles. The lowest BCUT2D eigenvalue weighted by Crippen LogP contribution is -2.35. The number of benzene rings is 2. The molecule has 188 valence electrons. The predicted molar refractivity (Wildman–Crippen MR) is 138 cm³/mol. The van der Waals surface area contributed by atoms with Gasteiger partial charge in [-0.3, -0.25) is 9.59 Å². The van der Waals surface area contributed by atoms with E-state index in [4.69, 9.17) is 13.6 Å². The second kappa shape index (κ2) is 10.5. The lowest BCUT2D eigenvalue weighted by Gasteiger charge is -2.18. The van der Waals surface area contributed by atoms with E-state index in [1.165, 1.54) is 29.9 Å². The van der Waals surface area contributed by atoms with E-state index in [2.05, 4.69) is 14.2 Å². The number of ether oxygens (including phenoxy) is 1. The molecule has 0 spiro atoms. The number of thiazole rings is 1. The molecule has 8 nitrogen and oxygen atoms in total. The molecule has 0 aliphatic heterocycles. The number of amides is 1. The fourth-order valence-corrected chi connectivity index (χ4v) is 4.80. The number of carbonyl (C=O) groups excluding carboxylic acids is 1. The van der Waals surface area contributed by atoms with Crippen LogP contribution in [0.4, 0.5) is 4.39 Å². The summed E-state index contributed by atoms with van der Waals surface area (Å²) in [7, 11) is 2.40. The monoisotopic (exact) mass is 538 g/mol. The Kier molecular flexibility index (Phi) is 7.03. The molecule has 11 heteroatoms. The topological polar surface area (TPSA) is 106 Å². The second-order valence-corrected chi connectivity index (χ2v) is 9.58. The Hall–Kier alpha value is -4.01. The number of hydrogen-bond donors (Lipinski definition) is 1. The van der Waals surface area contributed by atoms with Crippen LogP contribution in [0, 0.1) is 5.82 Å². The first kappa shape index (κ1) is 24.7. The molecule has 1 unspecified atom stereocenters. The Morgan fingerprint density at radius 2 is 1.95 bits per heavy atom. The maximum Gasteiger partial charge on any atom is 0.323 e. The maximum absolute atomic E-state index is 14.4. The predicted octanol–water partition coefficient (Wildman–Crippen LogP) is 5.09. The molecule has 0 aliphatic carbocycles. The summed E-state index contributed by atoms with van der Waals surface area (Å²) < 4.78 is 31.0. The van der Waals surface area contributed by atoms with Gasteiger partial charge in [0.25, 0.3) is 5.91 Å². The molecule has 3 aromatic heterocycles. The van der Waals surface area contributed by atoms with E-state index in [1.807, 2.05) is 12.1 Å². The van der Waals surface area contributed by atoms with Crippen LogP contribution in [-0.4, -0.2) is 33.4 Å². The van der Waals surface area contributed by atoms with Crippen LogP contribution in [0.25, 0.3) is 22.1 Å². The average Bonchev–Trinajstić information content (AvgIpc) is 3.66. The van der Waals surface area contributed by atoms with Crippen molar-refractivity contribution < 1.29 is 32.7 Å². The number of rotatable bonds is 9. The van der Waals surface area contributed by atoms with Gasteiger partial charge in [-0.15, -0.1) is 20.6 Å². The number of carboxylic acids is 1. The fourth-order valence-electron chi connectivity index (χ4n) is 3.81. The summed E-state index contributed by atoms with van der Waals surface area (Å²) in [5, 5.41) is 12.5. The molecule has 37 heavy (non-hydrogen) atoms. The number of hydrogen-bond acceptors (Lipinski definition) is 7. The normalized spacial score (nSPS) is 11.1. The molecule has 1 atom stereocenters. The SMILES string of the molecule is O=C(O)CN(Cc1ccco1)C(=O)c1csc(COc2ccc(-c3cc(F)c(P)c4ccoc34)cc2)n1. The molecule has 0 fully saturated rings. The standard InChI is InChI=1S/C26H20FN2O6PS/c27-20-10-19(24-18(25(20)36)7-9-34-24)15-3-5-16(6-4-15)35-13-22-28-21(14-37-22)26(32)29(12-23(30)31)11-17-2-1-8-33-17/h1-10,14H,11-13,36H2,(H,30,31). The molecule has 5 aromatic rings. The van der Waals surface area contributed by atoms with Crippen molar-refractivity contribution >= 4 is 48.7 Å². The zero-order chi connectivity index (χ0) is 25.9. The summed E-state index contributed by atoms with van der Waals surface area (Å²) in [5.41, 5.74) is 2.14. The van der Waals surface area contributed by atoms with Crippen LogP contribution in [0.15, 0.2) is 75.3 Å². The Morgan fingerprint density at radius 3 is 2.68 bits per heavy atom. The minimum absolute atomic E-state index is 0.0157. The highest BCUT2D eigenvalue weighted by Gasteiger charge is 2.22. The zero-order valence-corrected chi connectivity index (χ0v) is 21.2. The van der Waals surface area contributed by atoms with Gasteiger partial charge < -0.3 is 23.6 Å². The Bertz CT molecular complexity index is 1560. The van der Waals surface area contributed by atoms with E-state index in [-0.39, 0.29) is 24.7 Å². The van der Waals surface area contributed by atoms with Gasteiger partial charge in [0.1, 0.15) is 46.8 Å². The number of carboxylic acid groups (broad SMARTS) is 1. The van der Waals surface area contributed by atoms with Crippen LogP contribution >= 0.6 is 20.6 Å². The third-order valence-corrected chi connectivity index (χ3v) is 6.98. The van der Waals surface area contributed by atoms with Crippen LogP contribution in [0.2, 0.25) is 0 Å². The second-order valence-electron chi connectivity index (χ2n) is 8.06. The molecule has 1 N–H and O–H groups in total. The molecule has 0 radical (unpaired) electrons. The van der Waals surface area contributed by atoms with Crippen LogP contribution in [0.5, 0.6) is 5.75 Å². The van der Waals surface area contributed by atoms with Gasteiger partial charge >= 0.3 is 5.97 Å². The van der Waals surface area contributed by atoms with Gasteiger partial charge in [-0.05, 0) is 42.0 Å². The first-order valence-corrected chi connectivity index (χ1v) is 12.5. The number of fused-ring (bicyclic) bond motifs is 1. The highest BCUT2D eigenvalue weighted by Crippen LogP contribution is 2.32. The minimum Gasteiger partial charge on any atom is -0.486 e. The summed E-state index contributed by atoms with van der Waals surface area (Å²) in [6.45, 7) is -0.349. The highest BCUT2D eigenvalue weighted by molar-refractivity contribution is 7.28. The Balaban J connectivity index is 1.25. The van der Waals surface area contributed by atoms with Crippen molar-refractivity contribution in [3.05, 3.63) is 88.7 Å². The van der Waals surface area contributed by atoms with E-state index in [0.717, 1.165) is 10.5 Å². The number of halogens is 1. The molecule has 3 heterocycles. The summed E-state index contributed by atoms with van der Waals surface area (Å²) in [6, 6.07) is 13.6. The van der Waals surface area contributed by atoms with Gasteiger partial charge in [0.05, 0.1) is 19.1 Å². The van der Waals surface area contributed by atoms with Crippen molar-refractivity contribution in [2.45, 2.75) is 13.2 Å². The van der Waals surface area contributed by atoms with E-state index in [1.54, 1.807) is 35.7 Å². The smallest absolute Gasteiger partial charge is 0.323 e. The van der Waals surface area contributed by atoms with Crippen molar-refractivity contribution in [3.63, 3.8) is 0 Å². The van der Waals surface area contributed by atoms with E-state index in [9.17, 15) is 19.1 Å². The van der Waals surface area contributed by atoms with Crippen molar-refractivity contribution in [2.24, 2.45) is 0 Å². The number of nitrogens with zero attached hydrogens (tertiary/aromatic N) is 2. The fraction of sp³-hybridized carbons (Fsp3) is 0.115. The third kappa shape index (κ3) is 5.40. The molecule has 0 aliphatic rings.